The van der Waals surface area contributed by atoms with E-state index in [1.165, 1.54) is 4.90 Å². The number of para-hydroxylation sites is 1. The van der Waals surface area contributed by atoms with Gasteiger partial charge in [0.15, 0.2) is 17.0 Å². The van der Waals surface area contributed by atoms with Crippen LogP contribution in [0.2, 0.25) is 0 Å². The topological polar surface area (TPSA) is 106 Å². The summed E-state index contributed by atoms with van der Waals surface area (Å²) >= 11 is 0. The van der Waals surface area contributed by atoms with Gasteiger partial charge in [-0.1, -0.05) is 25.1 Å². The van der Waals surface area contributed by atoms with Crippen LogP contribution in [0, 0.1) is 0 Å². The number of ether oxygens (including phenoxy) is 3. The van der Waals surface area contributed by atoms with E-state index in [9.17, 15) is 19.5 Å². The molecule has 0 unspecified atom stereocenters. The Kier molecular flexibility index (Phi) is 5.67. The fourth-order valence-electron chi connectivity index (χ4n) is 5.89. The fraction of sp³-hybridized carbons (Fsp3) is 0.393. The van der Waals surface area contributed by atoms with Gasteiger partial charge in [-0.25, -0.2) is 0 Å². The van der Waals surface area contributed by atoms with Gasteiger partial charge in [0.25, 0.3) is 17.6 Å². The van der Waals surface area contributed by atoms with Gasteiger partial charge >= 0.3 is 0 Å². The maximum atomic E-state index is 14.4. The number of hydrogen-bond acceptors (Lipinski definition) is 7. The zero-order valence-electron chi connectivity index (χ0n) is 20.6. The summed E-state index contributed by atoms with van der Waals surface area (Å²) in [5, 5.41) is 11.7. The molecule has 2 atom stereocenters. The summed E-state index contributed by atoms with van der Waals surface area (Å²) < 4.78 is 17.1. The molecular formula is C28H28N2O7. The van der Waals surface area contributed by atoms with E-state index in [0.717, 1.165) is 12.8 Å². The highest BCUT2D eigenvalue weighted by Crippen LogP contribution is 2.54. The number of Topliss-reactive ketones (excluding diaryl/α,β-unsaturated/α-hetero) is 1. The first-order chi connectivity index (χ1) is 18.0. The molecule has 0 aliphatic carbocycles. The molecular weight excluding hydrogens is 476 g/mol. The Morgan fingerprint density at radius 1 is 1.05 bits per heavy atom. The molecule has 1 spiro atoms. The molecule has 2 amide bonds. The first-order valence-electron chi connectivity index (χ1n) is 12.7. The van der Waals surface area contributed by atoms with Crippen molar-refractivity contribution in [3.8, 4) is 11.5 Å². The van der Waals surface area contributed by atoms with Crippen molar-refractivity contribution in [3.63, 3.8) is 0 Å². The monoisotopic (exact) mass is 504 g/mol. The number of nitrogens with zero attached hydrogens (tertiary/aromatic N) is 2. The number of ketones is 1. The van der Waals surface area contributed by atoms with Gasteiger partial charge in [-0.05, 0) is 43.5 Å². The number of carbonyl (C=O) groups is 3. The predicted molar refractivity (Wildman–Crippen MR) is 133 cm³/mol. The van der Waals surface area contributed by atoms with E-state index in [1.54, 1.807) is 35.2 Å². The van der Waals surface area contributed by atoms with E-state index >= 15 is 0 Å². The average Bonchev–Trinajstić information content (AvgIpc) is 3.58. The summed E-state index contributed by atoms with van der Waals surface area (Å²) in [4.78, 5) is 44.6. The summed E-state index contributed by atoms with van der Waals surface area (Å²) in [6, 6.07) is 12.0. The molecule has 4 heterocycles. The Morgan fingerprint density at radius 2 is 1.84 bits per heavy atom. The minimum atomic E-state index is -1.79. The van der Waals surface area contributed by atoms with Crippen LogP contribution in [-0.4, -0.2) is 66.6 Å². The van der Waals surface area contributed by atoms with E-state index in [1.807, 2.05) is 19.1 Å². The SMILES string of the molecule is CCCN1C(=O)[C@]2(/C(=C(\O)c3ccc4c(c3)OCCO4)C(=O)C(=O)N2C[C@H]2CCCO2)c2ccccc21. The Labute approximate surface area is 214 Å². The molecule has 4 aliphatic heterocycles. The lowest BCUT2D eigenvalue weighted by Gasteiger charge is -2.35. The summed E-state index contributed by atoms with van der Waals surface area (Å²) in [7, 11) is 0. The van der Waals surface area contributed by atoms with Gasteiger partial charge in [-0.15, -0.1) is 0 Å². The summed E-state index contributed by atoms with van der Waals surface area (Å²) in [6.07, 6.45) is 1.93. The van der Waals surface area contributed by atoms with Crippen molar-refractivity contribution >= 4 is 29.0 Å². The van der Waals surface area contributed by atoms with E-state index in [2.05, 4.69) is 0 Å². The number of hydrogen-bond donors (Lipinski definition) is 1. The molecule has 6 rings (SSSR count). The van der Waals surface area contributed by atoms with Gasteiger partial charge in [0.05, 0.1) is 17.4 Å². The Hall–Kier alpha value is -3.85. The highest BCUT2D eigenvalue weighted by molar-refractivity contribution is 6.50. The number of fused-ring (bicyclic) bond motifs is 3. The van der Waals surface area contributed by atoms with Crippen LogP contribution in [0.25, 0.3) is 5.76 Å². The van der Waals surface area contributed by atoms with Crippen molar-refractivity contribution < 1.29 is 33.7 Å². The molecule has 37 heavy (non-hydrogen) atoms. The minimum Gasteiger partial charge on any atom is -0.507 e. The normalized spacial score (nSPS) is 25.9. The molecule has 0 bridgehead atoms. The van der Waals surface area contributed by atoms with Crippen molar-refractivity contribution in [2.75, 3.05) is 37.8 Å². The van der Waals surface area contributed by atoms with Crippen molar-refractivity contribution in [1.29, 1.82) is 0 Å². The molecule has 2 aromatic rings. The van der Waals surface area contributed by atoms with Gasteiger partial charge in [0.1, 0.15) is 19.0 Å². The average molecular weight is 505 g/mol. The molecule has 0 aromatic heterocycles. The predicted octanol–water partition coefficient (Wildman–Crippen LogP) is 2.97. The van der Waals surface area contributed by atoms with Gasteiger partial charge in [-0.2, -0.15) is 0 Å². The van der Waals surface area contributed by atoms with Gasteiger partial charge < -0.3 is 29.1 Å². The zero-order valence-corrected chi connectivity index (χ0v) is 20.6. The van der Waals surface area contributed by atoms with Crippen LogP contribution in [0.1, 0.15) is 37.3 Å². The molecule has 9 nitrogen and oxygen atoms in total. The third kappa shape index (κ3) is 3.37. The van der Waals surface area contributed by atoms with Crippen LogP contribution >= 0.6 is 0 Å². The van der Waals surface area contributed by atoms with Gasteiger partial charge in [0, 0.05) is 30.8 Å². The molecule has 2 aromatic carbocycles. The second-order valence-corrected chi connectivity index (χ2v) is 9.65. The zero-order chi connectivity index (χ0) is 25.7. The minimum absolute atomic E-state index is 0.0720. The molecule has 9 heteroatoms. The highest BCUT2D eigenvalue weighted by atomic mass is 16.6. The van der Waals surface area contributed by atoms with Crippen LogP contribution in [0.3, 0.4) is 0 Å². The first kappa shape index (κ1) is 23.5. The number of amides is 2. The van der Waals surface area contributed by atoms with Gasteiger partial charge in [-0.3, -0.25) is 14.4 Å². The maximum absolute atomic E-state index is 14.4. The third-order valence-corrected chi connectivity index (χ3v) is 7.48. The largest absolute Gasteiger partial charge is 0.507 e. The van der Waals surface area contributed by atoms with Crippen LogP contribution in [-0.2, 0) is 24.7 Å². The molecule has 0 saturated carbocycles. The standard InChI is InChI=1S/C28H28N2O7/c1-2-11-29-20-8-4-3-7-19(20)28(27(29)34)23(25(32)26(33)30(28)16-18-6-5-12-35-18)24(31)17-9-10-21-22(15-17)37-14-13-36-21/h3-4,7-10,15,18,31H,2,5-6,11-14,16H2,1H3/b24-23-/t18-,28-/m1/s1. The third-order valence-electron chi connectivity index (χ3n) is 7.48. The van der Waals surface area contributed by atoms with Crippen molar-refractivity contribution in [2.45, 2.75) is 37.8 Å². The molecule has 0 radical (unpaired) electrons. The number of carbonyl (C=O) groups excluding carboxylic acids is 3. The van der Waals surface area contributed by atoms with E-state index in [0.29, 0.717) is 55.5 Å². The summed E-state index contributed by atoms with van der Waals surface area (Å²) in [5.41, 5.74) is -0.629. The molecule has 1 N–H and O–H groups in total. The molecule has 2 fully saturated rings. The number of benzene rings is 2. The van der Waals surface area contributed by atoms with Crippen LogP contribution in [0.15, 0.2) is 48.0 Å². The lowest BCUT2D eigenvalue weighted by Crippen LogP contribution is -2.53. The number of anilines is 1. The smallest absolute Gasteiger partial charge is 0.296 e. The summed E-state index contributed by atoms with van der Waals surface area (Å²) in [6.45, 7) is 3.76. The molecule has 192 valence electrons. The van der Waals surface area contributed by atoms with E-state index < -0.39 is 28.9 Å². The lowest BCUT2D eigenvalue weighted by atomic mass is 9.81. The van der Waals surface area contributed by atoms with Gasteiger partial charge in [0.2, 0.25) is 0 Å². The van der Waals surface area contributed by atoms with Crippen LogP contribution in [0.5, 0.6) is 11.5 Å². The fourth-order valence-corrected chi connectivity index (χ4v) is 5.89. The number of aliphatic hydroxyl groups excluding tert-OH is 1. The molecule has 2 saturated heterocycles. The Bertz CT molecular complexity index is 1330. The van der Waals surface area contributed by atoms with E-state index in [-0.39, 0.29) is 23.8 Å². The second kappa shape index (κ2) is 8.92. The number of rotatable bonds is 5. The summed E-state index contributed by atoms with van der Waals surface area (Å²) in [5.74, 6) is -1.63. The lowest BCUT2D eigenvalue weighted by molar-refractivity contribution is -0.145. The first-order valence-corrected chi connectivity index (χ1v) is 12.7. The van der Waals surface area contributed by atoms with Crippen molar-refractivity contribution in [2.24, 2.45) is 0 Å². The number of aliphatic hydroxyl groups is 1. The Morgan fingerprint density at radius 3 is 2.59 bits per heavy atom. The van der Waals surface area contributed by atoms with Crippen LogP contribution in [0.4, 0.5) is 5.69 Å². The Balaban J connectivity index is 1.59. The molecule has 4 aliphatic rings. The quantitative estimate of drug-likeness (QED) is 0.379. The second-order valence-electron chi connectivity index (χ2n) is 9.65. The maximum Gasteiger partial charge on any atom is 0.296 e. The van der Waals surface area contributed by atoms with Crippen LogP contribution < -0.4 is 14.4 Å². The van der Waals surface area contributed by atoms with Crippen molar-refractivity contribution in [1.82, 2.24) is 4.90 Å². The van der Waals surface area contributed by atoms with E-state index in [4.69, 9.17) is 14.2 Å². The highest BCUT2D eigenvalue weighted by Gasteiger charge is 2.67. The van der Waals surface area contributed by atoms with Crippen molar-refractivity contribution in [3.05, 3.63) is 59.2 Å². The number of likely N-dealkylation sites (tertiary alicyclic amines) is 1.